The highest BCUT2D eigenvalue weighted by Crippen LogP contribution is 2.33. The second kappa shape index (κ2) is 7.14. The first-order valence-electron chi connectivity index (χ1n) is 9.08. The fourth-order valence-electron chi connectivity index (χ4n) is 3.35. The van der Waals surface area contributed by atoms with E-state index in [1.165, 1.54) is 4.90 Å². The summed E-state index contributed by atoms with van der Waals surface area (Å²) in [6.45, 7) is 5.65. The third kappa shape index (κ3) is 3.92. The molecule has 9 nitrogen and oxygen atoms in total. The van der Waals surface area contributed by atoms with Gasteiger partial charge in [-0.3, -0.25) is 19.7 Å². The number of nitrogens with two attached hydrogens (primary N) is 1. The number of anilines is 1. The van der Waals surface area contributed by atoms with Crippen molar-refractivity contribution in [1.82, 2.24) is 15.5 Å². The number of hydrogen-bond acceptors (Lipinski definition) is 6. The average molecular weight is 388 g/mol. The van der Waals surface area contributed by atoms with E-state index in [2.05, 4.69) is 10.6 Å². The van der Waals surface area contributed by atoms with Gasteiger partial charge in [0.15, 0.2) is 0 Å². The Kier molecular flexibility index (Phi) is 5.01. The maximum atomic E-state index is 12.7. The molecule has 0 saturated carbocycles. The number of imide groups is 1. The van der Waals surface area contributed by atoms with Crippen LogP contribution in [0, 0.1) is 0 Å². The van der Waals surface area contributed by atoms with Crippen LogP contribution in [0.4, 0.5) is 10.5 Å². The molecule has 3 rings (SSSR count). The lowest BCUT2D eigenvalue weighted by molar-refractivity contribution is -0.136. The van der Waals surface area contributed by atoms with Crippen LogP contribution in [0.2, 0.25) is 0 Å². The standard InChI is InChI=1S/C19H24N4O5/c1-19(2,3)28-18(27)21-8-10-4-5-11-12(15(10)20)9-23(17(11)26)13-6-7-14(24)22-16(13)25/h4-5,13H,6-9,20H2,1-3H3,(H,21,27)(H,22,24,25). The van der Waals surface area contributed by atoms with Crippen LogP contribution < -0.4 is 16.4 Å². The van der Waals surface area contributed by atoms with E-state index in [0.717, 1.165) is 0 Å². The second-order valence-corrected chi connectivity index (χ2v) is 7.92. The Bertz CT molecular complexity index is 859. The molecule has 150 valence electrons. The number of rotatable bonds is 3. The van der Waals surface area contributed by atoms with E-state index in [0.29, 0.717) is 22.4 Å². The third-order valence-electron chi connectivity index (χ3n) is 4.68. The molecule has 1 aromatic carbocycles. The molecule has 0 spiro atoms. The summed E-state index contributed by atoms with van der Waals surface area (Å²) in [5.41, 5.74) is 7.74. The maximum absolute atomic E-state index is 12.7. The monoisotopic (exact) mass is 388 g/mol. The number of benzene rings is 1. The molecular weight excluding hydrogens is 364 g/mol. The third-order valence-corrected chi connectivity index (χ3v) is 4.68. The van der Waals surface area contributed by atoms with Crippen LogP contribution >= 0.6 is 0 Å². The molecule has 28 heavy (non-hydrogen) atoms. The minimum Gasteiger partial charge on any atom is -0.444 e. The van der Waals surface area contributed by atoms with Gasteiger partial charge >= 0.3 is 6.09 Å². The molecule has 0 radical (unpaired) electrons. The van der Waals surface area contributed by atoms with E-state index in [4.69, 9.17) is 10.5 Å². The summed E-state index contributed by atoms with van der Waals surface area (Å²) in [7, 11) is 0. The Morgan fingerprint density at radius 3 is 2.68 bits per heavy atom. The summed E-state index contributed by atoms with van der Waals surface area (Å²) in [5.74, 6) is -1.09. The lowest BCUT2D eigenvalue weighted by Crippen LogP contribution is -2.52. The van der Waals surface area contributed by atoms with Gasteiger partial charge in [-0.15, -0.1) is 0 Å². The average Bonchev–Trinajstić information content (AvgIpc) is 2.90. The zero-order chi connectivity index (χ0) is 20.6. The van der Waals surface area contributed by atoms with E-state index in [-0.39, 0.29) is 37.7 Å². The topological polar surface area (TPSA) is 131 Å². The van der Waals surface area contributed by atoms with Crippen molar-refractivity contribution in [3.8, 4) is 0 Å². The molecule has 9 heteroatoms. The first-order valence-corrected chi connectivity index (χ1v) is 9.08. The van der Waals surface area contributed by atoms with E-state index in [1.54, 1.807) is 32.9 Å². The van der Waals surface area contributed by atoms with Gasteiger partial charge in [0.2, 0.25) is 11.8 Å². The summed E-state index contributed by atoms with van der Waals surface area (Å²) >= 11 is 0. The molecule has 1 atom stereocenters. The Morgan fingerprint density at radius 2 is 2.04 bits per heavy atom. The van der Waals surface area contributed by atoms with Gasteiger partial charge in [-0.05, 0) is 38.8 Å². The highest BCUT2D eigenvalue weighted by atomic mass is 16.6. The van der Waals surface area contributed by atoms with Crippen molar-refractivity contribution in [3.63, 3.8) is 0 Å². The van der Waals surface area contributed by atoms with Crippen molar-refractivity contribution in [2.45, 2.75) is 58.3 Å². The minimum atomic E-state index is -0.694. The zero-order valence-corrected chi connectivity index (χ0v) is 16.1. The van der Waals surface area contributed by atoms with E-state index in [9.17, 15) is 19.2 Å². The first kappa shape index (κ1) is 19.7. The Morgan fingerprint density at radius 1 is 1.32 bits per heavy atom. The van der Waals surface area contributed by atoms with E-state index in [1.807, 2.05) is 0 Å². The quantitative estimate of drug-likeness (QED) is 0.524. The maximum Gasteiger partial charge on any atom is 0.407 e. The van der Waals surface area contributed by atoms with Gasteiger partial charge in [0, 0.05) is 36.3 Å². The van der Waals surface area contributed by atoms with Crippen LogP contribution in [0.1, 0.15) is 55.1 Å². The number of nitrogen functional groups attached to an aromatic ring is 1. The van der Waals surface area contributed by atoms with E-state index >= 15 is 0 Å². The molecule has 1 saturated heterocycles. The van der Waals surface area contributed by atoms with Gasteiger partial charge in [-0.1, -0.05) is 6.07 Å². The second-order valence-electron chi connectivity index (χ2n) is 7.92. The van der Waals surface area contributed by atoms with Crippen LogP contribution in [0.25, 0.3) is 0 Å². The molecule has 0 aliphatic carbocycles. The lowest BCUT2D eigenvalue weighted by atomic mass is 10.0. The summed E-state index contributed by atoms with van der Waals surface area (Å²) in [4.78, 5) is 49.5. The van der Waals surface area contributed by atoms with Crippen molar-refractivity contribution in [3.05, 3.63) is 28.8 Å². The van der Waals surface area contributed by atoms with E-state index < -0.39 is 23.6 Å². The Labute approximate surface area is 162 Å². The number of alkyl carbamates (subject to hydrolysis) is 1. The fourth-order valence-corrected chi connectivity index (χ4v) is 3.35. The molecular formula is C19H24N4O5. The largest absolute Gasteiger partial charge is 0.444 e. The molecule has 1 fully saturated rings. The SMILES string of the molecule is CC(C)(C)OC(=O)NCc1ccc2c(c1N)CN(C1CCC(=O)NC1=O)C2=O. The van der Waals surface area contributed by atoms with Gasteiger partial charge < -0.3 is 20.7 Å². The molecule has 0 aromatic heterocycles. The van der Waals surface area contributed by atoms with Gasteiger partial charge in [-0.2, -0.15) is 0 Å². The van der Waals surface area contributed by atoms with Crippen molar-refractivity contribution in [1.29, 1.82) is 0 Å². The van der Waals surface area contributed by atoms with Gasteiger partial charge in [0.05, 0.1) is 0 Å². The van der Waals surface area contributed by atoms with Crippen LogP contribution in [-0.2, 0) is 27.4 Å². The molecule has 1 aromatic rings. The number of fused-ring (bicyclic) bond motifs is 1. The Hall–Kier alpha value is -3.10. The van der Waals surface area contributed by atoms with Crippen LogP contribution in [0.5, 0.6) is 0 Å². The van der Waals surface area contributed by atoms with Crippen molar-refractivity contribution in [2.24, 2.45) is 0 Å². The van der Waals surface area contributed by atoms with Gasteiger partial charge in [0.25, 0.3) is 5.91 Å². The number of piperidine rings is 1. The predicted molar refractivity (Wildman–Crippen MR) is 100.0 cm³/mol. The van der Waals surface area contributed by atoms with Crippen LogP contribution in [0.3, 0.4) is 0 Å². The highest BCUT2D eigenvalue weighted by molar-refractivity contribution is 6.06. The molecule has 4 amide bonds. The number of hydrogen-bond donors (Lipinski definition) is 3. The first-order chi connectivity index (χ1) is 13.1. The molecule has 2 aliphatic rings. The summed E-state index contributed by atoms with van der Waals surface area (Å²) in [5, 5.41) is 4.91. The number of amides is 4. The van der Waals surface area contributed by atoms with Crippen molar-refractivity contribution >= 4 is 29.5 Å². The normalized spacial score (nSPS) is 19.3. The summed E-state index contributed by atoms with van der Waals surface area (Å²) in [6, 6.07) is 2.63. The molecule has 2 heterocycles. The lowest BCUT2D eigenvalue weighted by Gasteiger charge is -2.29. The van der Waals surface area contributed by atoms with Crippen LogP contribution in [0.15, 0.2) is 12.1 Å². The molecule has 4 N–H and O–H groups in total. The summed E-state index contributed by atoms with van der Waals surface area (Å²) in [6.07, 6.45) is -0.0809. The number of nitrogens with one attached hydrogen (secondary N) is 2. The minimum absolute atomic E-state index is 0.153. The summed E-state index contributed by atoms with van der Waals surface area (Å²) < 4.78 is 5.20. The van der Waals surface area contributed by atoms with Gasteiger partial charge in [-0.25, -0.2) is 4.79 Å². The number of carbonyl (C=O) groups is 4. The highest BCUT2D eigenvalue weighted by Gasteiger charge is 2.40. The van der Waals surface area contributed by atoms with Crippen molar-refractivity contribution in [2.75, 3.05) is 5.73 Å². The number of nitrogens with zero attached hydrogens (tertiary/aromatic N) is 1. The Balaban J connectivity index is 1.73. The fraction of sp³-hybridized carbons (Fsp3) is 0.474. The molecule has 0 bridgehead atoms. The zero-order valence-electron chi connectivity index (χ0n) is 16.1. The molecule has 2 aliphatic heterocycles. The van der Waals surface area contributed by atoms with Gasteiger partial charge in [0.1, 0.15) is 11.6 Å². The number of carbonyl (C=O) groups excluding carboxylic acids is 4. The molecule has 1 unspecified atom stereocenters. The van der Waals surface area contributed by atoms with Crippen LogP contribution in [-0.4, -0.2) is 40.4 Å². The van der Waals surface area contributed by atoms with Crippen molar-refractivity contribution < 1.29 is 23.9 Å². The number of ether oxygens (including phenoxy) is 1. The smallest absolute Gasteiger partial charge is 0.407 e. The predicted octanol–water partition coefficient (Wildman–Crippen LogP) is 1.05.